The molecule has 0 radical (unpaired) electrons. The quantitative estimate of drug-likeness (QED) is 0.631. The first-order chi connectivity index (χ1) is 6.59. The minimum absolute atomic E-state index is 0.327. The van der Waals surface area contributed by atoms with Gasteiger partial charge in [0.25, 0.3) is 0 Å². The van der Waals surface area contributed by atoms with Gasteiger partial charge < -0.3 is 9.69 Å². The molecule has 0 aliphatic carbocycles. The summed E-state index contributed by atoms with van der Waals surface area (Å²) in [5.41, 5.74) is 0. The minimum atomic E-state index is 0.327. The molecule has 0 aromatic heterocycles. The molecular weight excluding hydrogens is 174 g/mol. The lowest BCUT2D eigenvalue weighted by atomic mass is 10.1. The summed E-state index contributed by atoms with van der Waals surface area (Å²) in [6, 6.07) is 0.752. The summed E-state index contributed by atoms with van der Waals surface area (Å²) in [6.07, 6.45) is 4.34. The molecule has 14 heavy (non-hydrogen) atoms. The van der Waals surface area contributed by atoms with Crippen LogP contribution in [0.25, 0.3) is 0 Å². The number of hydrogen-bond donors (Lipinski definition) is 0. The summed E-state index contributed by atoms with van der Waals surface area (Å²) in [5, 5.41) is 0. The Morgan fingerprint density at radius 3 is 2.57 bits per heavy atom. The lowest BCUT2D eigenvalue weighted by Crippen LogP contribution is -2.28. The minimum Gasteiger partial charge on any atom is -0.300 e. The molecule has 0 spiro atoms. The number of unbranched alkanes of at least 4 members (excludes halogenated alkanes) is 1. The molecule has 0 aromatic carbocycles. The molecule has 0 N–H and O–H groups in total. The fourth-order valence-electron chi connectivity index (χ4n) is 2.39. The average Bonchev–Trinajstić information content (AvgIpc) is 2.39. The van der Waals surface area contributed by atoms with Crippen LogP contribution in [0.15, 0.2) is 0 Å². The third-order valence-electron chi connectivity index (χ3n) is 3.14. The van der Waals surface area contributed by atoms with E-state index in [1.54, 1.807) is 6.92 Å². The van der Waals surface area contributed by atoms with E-state index >= 15 is 0 Å². The van der Waals surface area contributed by atoms with Crippen LogP contribution in [0.5, 0.6) is 0 Å². The van der Waals surface area contributed by atoms with Crippen LogP contribution in [0.1, 0.15) is 46.5 Å². The van der Waals surface area contributed by atoms with Gasteiger partial charge >= 0.3 is 0 Å². The first-order valence-corrected chi connectivity index (χ1v) is 5.83. The van der Waals surface area contributed by atoms with Crippen LogP contribution in [0.4, 0.5) is 0 Å². The van der Waals surface area contributed by atoms with Crippen molar-refractivity contribution in [3.8, 4) is 0 Å². The maximum atomic E-state index is 10.7. The van der Waals surface area contributed by atoms with Gasteiger partial charge in [0.05, 0.1) is 0 Å². The lowest BCUT2D eigenvalue weighted by Gasteiger charge is -2.20. The van der Waals surface area contributed by atoms with Gasteiger partial charge in [-0.1, -0.05) is 6.92 Å². The van der Waals surface area contributed by atoms with Gasteiger partial charge in [0, 0.05) is 19.0 Å². The molecule has 1 saturated heterocycles. The molecule has 2 unspecified atom stereocenters. The molecule has 2 heteroatoms. The van der Waals surface area contributed by atoms with Crippen molar-refractivity contribution in [3.05, 3.63) is 0 Å². The smallest absolute Gasteiger partial charge is 0.129 e. The van der Waals surface area contributed by atoms with Crippen molar-refractivity contribution >= 4 is 5.78 Å². The standard InChI is InChI=1S/C12H23NO/c1-10-8-11(2)13(9-10)7-5-4-6-12(3)14/h10-11H,4-9H2,1-3H3. The first-order valence-electron chi connectivity index (χ1n) is 5.83. The van der Waals surface area contributed by atoms with E-state index in [0.717, 1.165) is 24.8 Å². The van der Waals surface area contributed by atoms with Gasteiger partial charge in [0.2, 0.25) is 0 Å². The Bertz CT molecular complexity index is 191. The van der Waals surface area contributed by atoms with Gasteiger partial charge in [-0.2, -0.15) is 0 Å². The predicted molar refractivity (Wildman–Crippen MR) is 59.3 cm³/mol. The Labute approximate surface area is 87.7 Å². The normalized spacial score (nSPS) is 28.2. The molecule has 1 rings (SSSR count). The summed E-state index contributed by atoms with van der Waals surface area (Å²) < 4.78 is 0. The summed E-state index contributed by atoms with van der Waals surface area (Å²) >= 11 is 0. The summed E-state index contributed by atoms with van der Waals surface area (Å²) in [6.45, 7) is 8.75. The second-order valence-electron chi connectivity index (χ2n) is 4.84. The molecule has 82 valence electrons. The highest BCUT2D eigenvalue weighted by molar-refractivity contribution is 5.75. The Morgan fingerprint density at radius 2 is 2.07 bits per heavy atom. The highest BCUT2D eigenvalue weighted by atomic mass is 16.1. The molecule has 2 atom stereocenters. The van der Waals surface area contributed by atoms with E-state index < -0.39 is 0 Å². The predicted octanol–water partition coefficient (Wildman–Crippen LogP) is 2.48. The van der Waals surface area contributed by atoms with Gasteiger partial charge in [0.1, 0.15) is 5.78 Å². The van der Waals surface area contributed by atoms with Crippen LogP contribution >= 0.6 is 0 Å². The van der Waals surface area contributed by atoms with Crippen molar-refractivity contribution in [2.45, 2.75) is 52.5 Å². The SMILES string of the molecule is CC(=O)CCCCN1CC(C)CC1C. The van der Waals surface area contributed by atoms with Gasteiger partial charge in [-0.25, -0.2) is 0 Å². The van der Waals surface area contributed by atoms with E-state index in [9.17, 15) is 4.79 Å². The Morgan fingerprint density at radius 1 is 1.36 bits per heavy atom. The fraction of sp³-hybridized carbons (Fsp3) is 0.917. The molecular formula is C12H23NO. The number of likely N-dealkylation sites (tertiary alicyclic amines) is 1. The van der Waals surface area contributed by atoms with E-state index in [2.05, 4.69) is 18.7 Å². The zero-order valence-corrected chi connectivity index (χ0v) is 9.75. The molecule has 2 nitrogen and oxygen atoms in total. The van der Waals surface area contributed by atoms with E-state index in [0.29, 0.717) is 5.78 Å². The maximum Gasteiger partial charge on any atom is 0.129 e. The number of rotatable bonds is 5. The number of carbonyl (C=O) groups is 1. The highest BCUT2D eigenvalue weighted by Crippen LogP contribution is 2.22. The van der Waals surface area contributed by atoms with Crippen LogP contribution in [0.2, 0.25) is 0 Å². The zero-order chi connectivity index (χ0) is 10.6. The first kappa shape index (κ1) is 11.7. The third-order valence-corrected chi connectivity index (χ3v) is 3.14. The monoisotopic (exact) mass is 197 g/mol. The van der Waals surface area contributed by atoms with E-state index in [4.69, 9.17) is 0 Å². The van der Waals surface area contributed by atoms with Crippen LogP contribution in [0, 0.1) is 5.92 Å². The summed E-state index contributed by atoms with van der Waals surface area (Å²) in [7, 11) is 0. The van der Waals surface area contributed by atoms with Crippen molar-refractivity contribution in [3.63, 3.8) is 0 Å². The molecule has 0 saturated carbocycles. The van der Waals surface area contributed by atoms with Crippen LogP contribution < -0.4 is 0 Å². The van der Waals surface area contributed by atoms with Gasteiger partial charge in [0.15, 0.2) is 0 Å². The van der Waals surface area contributed by atoms with Crippen molar-refractivity contribution in [1.82, 2.24) is 4.90 Å². The summed E-state index contributed by atoms with van der Waals surface area (Å²) in [5.74, 6) is 1.19. The van der Waals surface area contributed by atoms with E-state index in [-0.39, 0.29) is 0 Å². The largest absolute Gasteiger partial charge is 0.300 e. The number of ketones is 1. The summed E-state index contributed by atoms with van der Waals surface area (Å²) in [4.78, 5) is 13.3. The van der Waals surface area contributed by atoms with Crippen LogP contribution in [-0.2, 0) is 4.79 Å². The van der Waals surface area contributed by atoms with Crippen molar-refractivity contribution in [2.75, 3.05) is 13.1 Å². The Kier molecular flexibility index (Phi) is 4.59. The second-order valence-corrected chi connectivity index (χ2v) is 4.84. The molecule has 0 aromatic rings. The molecule has 1 heterocycles. The number of carbonyl (C=O) groups excluding carboxylic acids is 1. The van der Waals surface area contributed by atoms with Gasteiger partial charge in [-0.15, -0.1) is 0 Å². The van der Waals surface area contributed by atoms with Crippen molar-refractivity contribution in [2.24, 2.45) is 5.92 Å². The average molecular weight is 197 g/mol. The van der Waals surface area contributed by atoms with E-state index in [1.165, 1.54) is 25.9 Å². The molecule has 1 fully saturated rings. The van der Waals surface area contributed by atoms with E-state index in [1.807, 2.05) is 0 Å². The van der Waals surface area contributed by atoms with Gasteiger partial charge in [-0.3, -0.25) is 0 Å². The molecule has 0 amide bonds. The van der Waals surface area contributed by atoms with Crippen molar-refractivity contribution in [1.29, 1.82) is 0 Å². The highest BCUT2D eigenvalue weighted by Gasteiger charge is 2.24. The fourth-order valence-corrected chi connectivity index (χ4v) is 2.39. The van der Waals surface area contributed by atoms with Crippen LogP contribution in [-0.4, -0.2) is 29.8 Å². The maximum absolute atomic E-state index is 10.7. The Hall–Kier alpha value is -0.370. The number of hydrogen-bond acceptors (Lipinski definition) is 2. The van der Waals surface area contributed by atoms with Crippen LogP contribution in [0.3, 0.4) is 0 Å². The Balaban J connectivity index is 2.09. The number of Topliss-reactive ketones (excluding diaryl/α,β-unsaturated/α-hetero) is 1. The molecule has 1 aliphatic heterocycles. The number of nitrogens with zero attached hydrogens (tertiary/aromatic N) is 1. The zero-order valence-electron chi connectivity index (χ0n) is 9.75. The third kappa shape index (κ3) is 3.79. The van der Waals surface area contributed by atoms with Gasteiger partial charge in [-0.05, 0) is 45.6 Å². The molecule has 1 aliphatic rings. The second kappa shape index (κ2) is 5.50. The topological polar surface area (TPSA) is 20.3 Å². The lowest BCUT2D eigenvalue weighted by molar-refractivity contribution is -0.117. The molecule has 0 bridgehead atoms. The van der Waals surface area contributed by atoms with Crippen molar-refractivity contribution < 1.29 is 4.79 Å².